The van der Waals surface area contributed by atoms with Crippen molar-refractivity contribution < 1.29 is 19.4 Å². The van der Waals surface area contributed by atoms with Crippen molar-refractivity contribution in [2.75, 3.05) is 6.79 Å². The monoisotopic (exact) mass is 265 g/mol. The van der Waals surface area contributed by atoms with Gasteiger partial charge in [0.2, 0.25) is 6.79 Å². The number of pyridine rings is 1. The number of aromatic nitrogens is 1. The average Bonchev–Trinajstić information content (AvgIpc) is 2.73. The number of benzene rings is 1. The van der Waals surface area contributed by atoms with Crippen molar-refractivity contribution >= 4 is 28.5 Å². The number of carbonyl (C=O) groups is 1. The third-order valence-corrected chi connectivity index (χ3v) is 3.00. The summed E-state index contributed by atoms with van der Waals surface area (Å²) in [4.78, 5) is 14.9. The van der Waals surface area contributed by atoms with Gasteiger partial charge in [-0.25, -0.2) is 4.98 Å². The van der Waals surface area contributed by atoms with E-state index in [-0.39, 0.29) is 18.4 Å². The minimum atomic E-state index is -0.946. The molecule has 0 spiro atoms. The summed E-state index contributed by atoms with van der Waals surface area (Å²) in [5.41, 5.74) is 1.13. The molecule has 1 N–H and O–H groups in total. The van der Waals surface area contributed by atoms with Crippen molar-refractivity contribution in [3.63, 3.8) is 0 Å². The van der Waals surface area contributed by atoms with Crippen LogP contribution in [-0.4, -0.2) is 22.9 Å². The van der Waals surface area contributed by atoms with Gasteiger partial charge in [0, 0.05) is 17.0 Å². The molecule has 0 atom stereocenters. The van der Waals surface area contributed by atoms with E-state index in [4.69, 9.17) is 26.2 Å². The summed E-state index contributed by atoms with van der Waals surface area (Å²) in [6.07, 6.45) is -0.157. The summed E-state index contributed by atoms with van der Waals surface area (Å²) in [6.45, 7) is 0.182. The molecule has 0 aliphatic carbocycles. The fourth-order valence-corrected chi connectivity index (χ4v) is 2.08. The van der Waals surface area contributed by atoms with Crippen LogP contribution in [0.15, 0.2) is 18.2 Å². The first-order chi connectivity index (χ1) is 8.63. The van der Waals surface area contributed by atoms with Crippen LogP contribution in [0.1, 0.15) is 5.56 Å². The molecule has 1 aliphatic heterocycles. The second kappa shape index (κ2) is 4.03. The Labute approximate surface area is 107 Å². The number of aliphatic carboxylic acids is 1. The van der Waals surface area contributed by atoms with Crippen LogP contribution in [0.2, 0.25) is 5.15 Å². The number of rotatable bonds is 2. The van der Waals surface area contributed by atoms with E-state index < -0.39 is 5.97 Å². The third kappa shape index (κ3) is 1.82. The van der Waals surface area contributed by atoms with Crippen molar-refractivity contribution in [3.8, 4) is 11.5 Å². The predicted molar refractivity (Wildman–Crippen MR) is 64.2 cm³/mol. The van der Waals surface area contributed by atoms with Crippen molar-refractivity contribution in [3.05, 3.63) is 28.9 Å². The number of nitrogens with zero attached hydrogens (tertiary/aromatic N) is 1. The van der Waals surface area contributed by atoms with E-state index in [1.807, 2.05) is 0 Å². The molecule has 0 saturated heterocycles. The Morgan fingerprint density at radius 3 is 2.78 bits per heavy atom. The van der Waals surface area contributed by atoms with Crippen LogP contribution in [0.5, 0.6) is 11.5 Å². The van der Waals surface area contributed by atoms with Crippen LogP contribution in [0, 0.1) is 0 Å². The number of carboxylic acids is 1. The van der Waals surface area contributed by atoms with Crippen molar-refractivity contribution in [2.24, 2.45) is 0 Å². The highest BCUT2D eigenvalue weighted by Gasteiger charge is 2.16. The van der Waals surface area contributed by atoms with Gasteiger partial charge in [0.1, 0.15) is 5.15 Å². The van der Waals surface area contributed by atoms with Gasteiger partial charge in [-0.1, -0.05) is 11.6 Å². The third-order valence-electron chi connectivity index (χ3n) is 2.68. The summed E-state index contributed by atoms with van der Waals surface area (Å²) >= 11 is 5.95. The molecule has 0 bridgehead atoms. The van der Waals surface area contributed by atoms with Crippen LogP contribution in [-0.2, 0) is 11.2 Å². The summed E-state index contributed by atoms with van der Waals surface area (Å²) in [5, 5.41) is 9.76. The summed E-state index contributed by atoms with van der Waals surface area (Å²) < 4.78 is 10.5. The molecule has 0 unspecified atom stereocenters. The first kappa shape index (κ1) is 11.1. The van der Waals surface area contributed by atoms with E-state index in [2.05, 4.69) is 4.98 Å². The number of carboxylic acid groups (broad SMARTS) is 1. The van der Waals surface area contributed by atoms with Gasteiger partial charge in [-0.2, -0.15) is 0 Å². The first-order valence-corrected chi connectivity index (χ1v) is 5.62. The first-order valence-electron chi connectivity index (χ1n) is 5.24. The fourth-order valence-electron chi connectivity index (χ4n) is 1.87. The molecule has 0 fully saturated rings. The van der Waals surface area contributed by atoms with Gasteiger partial charge >= 0.3 is 5.97 Å². The van der Waals surface area contributed by atoms with E-state index in [0.29, 0.717) is 22.6 Å². The van der Waals surface area contributed by atoms with Gasteiger partial charge in [-0.05, 0) is 12.1 Å². The molecule has 0 saturated carbocycles. The highest BCUT2D eigenvalue weighted by Crippen LogP contribution is 2.36. The predicted octanol–water partition coefficient (Wildman–Crippen LogP) is 2.24. The molecule has 1 aliphatic rings. The lowest BCUT2D eigenvalue weighted by molar-refractivity contribution is -0.136. The number of hydrogen-bond acceptors (Lipinski definition) is 4. The second-order valence-electron chi connectivity index (χ2n) is 3.91. The number of hydrogen-bond donors (Lipinski definition) is 1. The van der Waals surface area contributed by atoms with Gasteiger partial charge in [-0.3, -0.25) is 4.79 Å². The van der Waals surface area contributed by atoms with E-state index in [0.717, 1.165) is 5.39 Å². The van der Waals surface area contributed by atoms with Crippen LogP contribution >= 0.6 is 11.6 Å². The summed E-state index contributed by atoms with van der Waals surface area (Å²) in [7, 11) is 0. The molecule has 1 aromatic carbocycles. The molecule has 0 radical (unpaired) electrons. The molecule has 5 nitrogen and oxygen atoms in total. The number of ether oxygens (including phenoxy) is 2. The van der Waals surface area contributed by atoms with Crippen LogP contribution in [0.3, 0.4) is 0 Å². The van der Waals surface area contributed by atoms with Gasteiger partial charge in [0.05, 0.1) is 11.9 Å². The van der Waals surface area contributed by atoms with Crippen molar-refractivity contribution in [1.29, 1.82) is 0 Å². The molecule has 18 heavy (non-hydrogen) atoms. The van der Waals surface area contributed by atoms with E-state index in [1.54, 1.807) is 18.2 Å². The molecule has 6 heteroatoms. The van der Waals surface area contributed by atoms with Crippen molar-refractivity contribution in [1.82, 2.24) is 4.98 Å². The highest BCUT2D eigenvalue weighted by atomic mass is 35.5. The van der Waals surface area contributed by atoms with E-state index in [9.17, 15) is 4.79 Å². The smallest absolute Gasteiger partial charge is 0.307 e. The largest absolute Gasteiger partial charge is 0.481 e. The van der Waals surface area contributed by atoms with Gasteiger partial charge < -0.3 is 14.6 Å². The Bertz CT molecular complexity index is 656. The van der Waals surface area contributed by atoms with Gasteiger partial charge in [0.15, 0.2) is 11.5 Å². The topological polar surface area (TPSA) is 68.7 Å². The Morgan fingerprint density at radius 2 is 2.06 bits per heavy atom. The molecule has 3 rings (SSSR count). The Balaban J connectivity index is 2.16. The lowest BCUT2D eigenvalue weighted by atomic mass is 10.1. The maximum Gasteiger partial charge on any atom is 0.307 e. The lowest BCUT2D eigenvalue weighted by Crippen LogP contribution is -2.01. The fraction of sp³-hybridized carbons (Fsp3) is 0.167. The Hall–Kier alpha value is -2.01. The minimum absolute atomic E-state index is 0.157. The SMILES string of the molecule is O=C(O)Cc1cc2cc3c(cc2nc1Cl)OCO3. The molecule has 92 valence electrons. The normalized spacial score (nSPS) is 12.9. The quantitative estimate of drug-likeness (QED) is 0.844. The van der Waals surface area contributed by atoms with Crippen LogP contribution in [0.4, 0.5) is 0 Å². The Morgan fingerprint density at radius 1 is 1.33 bits per heavy atom. The maximum absolute atomic E-state index is 10.7. The summed E-state index contributed by atoms with van der Waals surface area (Å²) in [6, 6.07) is 5.21. The Kier molecular flexibility index (Phi) is 2.48. The zero-order valence-electron chi connectivity index (χ0n) is 9.14. The molecule has 2 aromatic rings. The number of halogens is 1. The van der Waals surface area contributed by atoms with E-state index >= 15 is 0 Å². The zero-order chi connectivity index (χ0) is 12.7. The zero-order valence-corrected chi connectivity index (χ0v) is 9.90. The minimum Gasteiger partial charge on any atom is -0.481 e. The standard InChI is InChI=1S/C12H8ClNO4/c13-12-7(3-11(15)16)1-6-2-9-10(18-5-17-9)4-8(6)14-12/h1-2,4H,3,5H2,(H,15,16). The number of fused-ring (bicyclic) bond motifs is 2. The van der Waals surface area contributed by atoms with E-state index in [1.165, 1.54) is 0 Å². The van der Waals surface area contributed by atoms with Crippen molar-refractivity contribution in [2.45, 2.75) is 6.42 Å². The molecule has 1 aromatic heterocycles. The molecular formula is C12H8ClNO4. The highest BCUT2D eigenvalue weighted by molar-refractivity contribution is 6.30. The summed E-state index contributed by atoms with van der Waals surface area (Å²) in [5.74, 6) is 0.309. The second-order valence-corrected chi connectivity index (χ2v) is 4.27. The maximum atomic E-state index is 10.7. The van der Waals surface area contributed by atoms with Crippen LogP contribution in [0.25, 0.3) is 10.9 Å². The lowest BCUT2D eigenvalue weighted by Gasteiger charge is -2.05. The molecule has 0 amide bonds. The van der Waals surface area contributed by atoms with Gasteiger partial charge in [0.25, 0.3) is 0 Å². The van der Waals surface area contributed by atoms with Crippen LogP contribution < -0.4 is 9.47 Å². The molecule has 2 heterocycles. The average molecular weight is 266 g/mol. The van der Waals surface area contributed by atoms with Gasteiger partial charge in [-0.15, -0.1) is 0 Å². The molecular weight excluding hydrogens is 258 g/mol.